The number of rotatable bonds is 7. The van der Waals surface area contributed by atoms with Crippen LogP contribution in [0.1, 0.15) is 12.5 Å². The molecule has 0 radical (unpaired) electrons. The maximum absolute atomic E-state index is 12.9. The molecular formula is C19H21N3O7S. The lowest BCUT2D eigenvalue weighted by molar-refractivity contribution is -0.385. The van der Waals surface area contributed by atoms with E-state index in [0.717, 1.165) is 10.4 Å². The van der Waals surface area contributed by atoms with E-state index in [0.29, 0.717) is 36.0 Å². The van der Waals surface area contributed by atoms with Gasteiger partial charge in [-0.3, -0.25) is 14.9 Å². The zero-order valence-corrected chi connectivity index (χ0v) is 17.3. The van der Waals surface area contributed by atoms with Crippen molar-refractivity contribution in [2.24, 2.45) is 0 Å². The summed E-state index contributed by atoms with van der Waals surface area (Å²) < 4.78 is 37.7. The largest absolute Gasteiger partial charge is 0.486 e. The number of nitrogens with zero attached hydrogens (tertiary/aromatic N) is 2. The van der Waals surface area contributed by atoms with Gasteiger partial charge < -0.3 is 14.8 Å². The van der Waals surface area contributed by atoms with Crippen molar-refractivity contribution in [3.8, 4) is 11.5 Å². The van der Waals surface area contributed by atoms with Crippen LogP contribution < -0.4 is 14.8 Å². The lowest BCUT2D eigenvalue weighted by Crippen LogP contribution is -2.37. The van der Waals surface area contributed by atoms with Crippen LogP contribution in [0.2, 0.25) is 0 Å². The quantitative estimate of drug-likeness (QED) is 0.522. The number of carbonyl (C=O) groups is 1. The van der Waals surface area contributed by atoms with Crippen LogP contribution in [0, 0.1) is 17.0 Å². The zero-order valence-electron chi connectivity index (χ0n) is 16.5. The van der Waals surface area contributed by atoms with E-state index in [2.05, 4.69) is 5.32 Å². The lowest BCUT2D eigenvalue weighted by atomic mass is 10.2. The van der Waals surface area contributed by atoms with Gasteiger partial charge in [0.2, 0.25) is 15.9 Å². The Morgan fingerprint density at radius 1 is 1.17 bits per heavy atom. The predicted molar refractivity (Wildman–Crippen MR) is 108 cm³/mol. The van der Waals surface area contributed by atoms with Crippen LogP contribution in [0.25, 0.3) is 0 Å². The molecular weight excluding hydrogens is 414 g/mol. The van der Waals surface area contributed by atoms with Crippen LogP contribution in [-0.4, -0.2) is 49.9 Å². The Morgan fingerprint density at radius 3 is 2.53 bits per heavy atom. The minimum absolute atomic E-state index is 0.0125. The number of ether oxygens (including phenoxy) is 2. The number of anilines is 1. The average molecular weight is 435 g/mol. The van der Waals surface area contributed by atoms with Crippen molar-refractivity contribution in [1.29, 1.82) is 0 Å². The highest BCUT2D eigenvalue weighted by atomic mass is 32.2. The fourth-order valence-electron chi connectivity index (χ4n) is 2.94. The van der Waals surface area contributed by atoms with Crippen LogP contribution in [0.5, 0.6) is 11.5 Å². The zero-order chi connectivity index (χ0) is 21.9. The molecule has 1 aliphatic heterocycles. The number of nitrogens with one attached hydrogen (secondary N) is 1. The number of hydrogen-bond donors (Lipinski definition) is 1. The first-order valence-corrected chi connectivity index (χ1v) is 10.6. The van der Waals surface area contributed by atoms with Gasteiger partial charge in [-0.25, -0.2) is 8.42 Å². The molecule has 0 unspecified atom stereocenters. The van der Waals surface area contributed by atoms with Crippen LogP contribution in [0.3, 0.4) is 0 Å². The van der Waals surface area contributed by atoms with Crippen LogP contribution in [-0.2, 0) is 14.8 Å². The maximum atomic E-state index is 12.9. The molecule has 1 N–H and O–H groups in total. The van der Waals surface area contributed by atoms with E-state index in [1.807, 2.05) is 0 Å². The molecule has 0 saturated carbocycles. The van der Waals surface area contributed by atoms with Crippen molar-refractivity contribution < 1.29 is 27.6 Å². The highest BCUT2D eigenvalue weighted by Gasteiger charge is 2.27. The van der Waals surface area contributed by atoms with Crippen molar-refractivity contribution in [3.63, 3.8) is 0 Å². The van der Waals surface area contributed by atoms with Gasteiger partial charge in [-0.05, 0) is 25.1 Å². The Balaban J connectivity index is 1.76. The maximum Gasteiger partial charge on any atom is 0.273 e. The third-order valence-electron chi connectivity index (χ3n) is 4.51. The summed E-state index contributed by atoms with van der Waals surface area (Å²) in [6.45, 7) is 3.51. The van der Waals surface area contributed by atoms with E-state index in [4.69, 9.17) is 9.47 Å². The van der Waals surface area contributed by atoms with Crippen molar-refractivity contribution in [1.82, 2.24) is 4.31 Å². The number of nitro benzene ring substituents is 1. The summed E-state index contributed by atoms with van der Waals surface area (Å²) in [6.07, 6.45) is 0. The van der Waals surface area contributed by atoms with E-state index in [-0.39, 0.29) is 17.1 Å². The van der Waals surface area contributed by atoms with Gasteiger partial charge in [0.05, 0.1) is 16.4 Å². The topological polar surface area (TPSA) is 128 Å². The fourth-order valence-corrected chi connectivity index (χ4v) is 4.37. The second-order valence-electron chi connectivity index (χ2n) is 6.54. The Labute approximate surface area is 173 Å². The predicted octanol–water partition coefficient (Wildman–Crippen LogP) is 2.32. The van der Waals surface area contributed by atoms with Gasteiger partial charge in [-0.15, -0.1) is 0 Å². The van der Waals surface area contributed by atoms with Gasteiger partial charge in [0, 0.05) is 29.9 Å². The van der Waals surface area contributed by atoms with Gasteiger partial charge >= 0.3 is 0 Å². The number of nitro groups is 1. The standard InChI is InChI=1S/C19H21N3O7S/c1-3-21(30(26,27)15-6-4-13(2)16(11-15)22(24)25)12-19(23)20-14-5-7-17-18(10-14)29-9-8-28-17/h4-7,10-11H,3,8-9,12H2,1-2H3,(H,20,23). The van der Waals surface area contributed by atoms with E-state index < -0.39 is 27.4 Å². The Morgan fingerprint density at radius 2 is 1.87 bits per heavy atom. The van der Waals surface area contributed by atoms with Gasteiger partial charge in [0.15, 0.2) is 11.5 Å². The number of fused-ring (bicyclic) bond motifs is 1. The molecule has 0 aromatic heterocycles. The molecule has 10 nitrogen and oxygen atoms in total. The van der Waals surface area contributed by atoms with Gasteiger partial charge in [0.25, 0.3) is 5.69 Å². The second-order valence-corrected chi connectivity index (χ2v) is 8.48. The molecule has 1 amide bonds. The summed E-state index contributed by atoms with van der Waals surface area (Å²) in [7, 11) is -4.10. The SMILES string of the molecule is CCN(CC(=O)Nc1ccc2c(c1)OCCO2)S(=O)(=O)c1ccc(C)c([N+](=O)[O-])c1. The number of carbonyl (C=O) groups excluding carboxylic acids is 1. The second kappa shape index (κ2) is 8.67. The molecule has 11 heteroatoms. The molecule has 3 rings (SSSR count). The first-order valence-electron chi connectivity index (χ1n) is 9.17. The molecule has 160 valence electrons. The number of likely N-dealkylation sites (N-methyl/N-ethyl adjacent to an activating group) is 1. The summed E-state index contributed by atoms with van der Waals surface area (Å²) in [5, 5.41) is 13.8. The third-order valence-corrected chi connectivity index (χ3v) is 6.43. The summed E-state index contributed by atoms with van der Waals surface area (Å²) >= 11 is 0. The van der Waals surface area contributed by atoms with E-state index in [1.54, 1.807) is 25.1 Å². The summed E-state index contributed by atoms with van der Waals surface area (Å²) in [4.78, 5) is 22.7. The minimum Gasteiger partial charge on any atom is -0.486 e. The molecule has 30 heavy (non-hydrogen) atoms. The van der Waals surface area contributed by atoms with Crippen molar-refractivity contribution >= 4 is 27.3 Å². The monoisotopic (exact) mass is 435 g/mol. The first kappa shape index (κ1) is 21.5. The molecule has 0 aliphatic carbocycles. The van der Waals surface area contributed by atoms with Crippen LogP contribution >= 0.6 is 0 Å². The number of sulfonamides is 1. The number of aryl methyl sites for hydroxylation is 1. The number of amides is 1. The number of benzene rings is 2. The molecule has 1 heterocycles. The van der Waals surface area contributed by atoms with Crippen molar-refractivity contribution in [2.75, 3.05) is 31.6 Å². The highest BCUT2D eigenvalue weighted by Crippen LogP contribution is 2.32. The number of hydrogen-bond acceptors (Lipinski definition) is 7. The van der Waals surface area contributed by atoms with Crippen LogP contribution in [0.4, 0.5) is 11.4 Å². The van der Waals surface area contributed by atoms with Gasteiger partial charge in [-0.1, -0.05) is 13.0 Å². The Kier molecular flexibility index (Phi) is 6.22. The third kappa shape index (κ3) is 4.52. The smallest absolute Gasteiger partial charge is 0.273 e. The average Bonchev–Trinajstić information content (AvgIpc) is 2.71. The molecule has 0 bridgehead atoms. The highest BCUT2D eigenvalue weighted by molar-refractivity contribution is 7.89. The fraction of sp³-hybridized carbons (Fsp3) is 0.316. The first-order chi connectivity index (χ1) is 14.2. The van der Waals surface area contributed by atoms with E-state index in [1.165, 1.54) is 19.1 Å². The summed E-state index contributed by atoms with van der Waals surface area (Å²) in [5.74, 6) is 0.502. The van der Waals surface area contributed by atoms with Gasteiger partial charge in [-0.2, -0.15) is 4.31 Å². The molecule has 2 aromatic carbocycles. The van der Waals surface area contributed by atoms with Gasteiger partial charge in [0.1, 0.15) is 13.2 Å². The Bertz CT molecular complexity index is 1090. The van der Waals surface area contributed by atoms with Crippen molar-refractivity contribution in [3.05, 3.63) is 52.1 Å². The molecule has 0 fully saturated rings. The Hall–Kier alpha value is -3.18. The molecule has 1 aliphatic rings. The van der Waals surface area contributed by atoms with Crippen molar-refractivity contribution in [2.45, 2.75) is 18.7 Å². The lowest BCUT2D eigenvalue weighted by Gasteiger charge is -2.21. The molecule has 0 spiro atoms. The summed E-state index contributed by atoms with van der Waals surface area (Å²) in [6, 6.07) is 8.54. The minimum atomic E-state index is -4.10. The molecule has 0 saturated heterocycles. The van der Waals surface area contributed by atoms with E-state index >= 15 is 0 Å². The molecule has 0 atom stereocenters. The van der Waals surface area contributed by atoms with E-state index in [9.17, 15) is 23.3 Å². The van der Waals surface area contributed by atoms with Crippen LogP contribution in [0.15, 0.2) is 41.3 Å². The normalized spacial score (nSPS) is 13.2. The summed E-state index contributed by atoms with van der Waals surface area (Å²) in [5.41, 5.74) is 0.481. The molecule has 2 aromatic rings.